The number of aryl methyl sites for hydroxylation is 2. The molecule has 1 saturated heterocycles. The highest BCUT2D eigenvalue weighted by Crippen LogP contribution is 2.34. The zero-order chi connectivity index (χ0) is 25.0. The molecule has 1 aliphatic rings. The number of benzene rings is 2. The Balaban J connectivity index is 1.60. The van der Waals surface area contributed by atoms with E-state index in [4.69, 9.17) is 0 Å². The lowest BCUT2D eigenvalue weighted by molar-refractivity contribution is 0.317. The van der Waals surface area contributed by atoms with Gasteiger partial charge in [0.25, 0.3) is 0 Å². The molecule has 1 aromatic heterocycles. The summed E-state index contributed by atoms with van der Waals surface area (Å²) in [7, 11) is -3.13. The zero-order valence-electron chi connectivity index (χ0n) is 20.6. The third-order valence-corrected chi connectivity index (χ3v) is 8.35. The van der Waals surface area contributed by atoms with Crippen LogP contribution in [0.1, 0.15) is 64.6 Å². The maximum Gasteiger partial charge on any atom is 0.211 e. The standard InChI is InChI=1S/C28H33N3O3S/c1-20-6-4-5-7-26(20)27(19-28(30-32)25-12-15-29-21(2)18-25)24-10-8-22(9-11-24)23-13-16-31(17-14-23)35(3,33)34/h4-12,15,18,23,27,32H,13-14,16-17,19H2,1-3H3. The van der Waals surface area contributed by atoms with E-state index >= 15 is 0 Å². The average molecular weight is 492 g/mol. The number of oxime groups is 1. The third-order valence-electron chi connectivity index (χ3n) is 7.05. The summed E-state index contributed by atoms with van der Waals surface area (Å²) in [5.41, 5.74) is 7.16. The fourth-order valence-electron chi connectivity index (χ4n) is 5.04. The van der Waals surface area contributed by atoms with E-state index < -0.39 is 10.0 Å². The van der Waals surface area contributed by atoms with Crippen LogP contribution in [0.15, 0.2) is 72.0 Å². The zero-order valence-corrected chi connectivity index (χ0v) is 21.4. The van der Waals surface area contributed by atoms with E-state index in [0.29, 0.717) is 31.1 Å². The first-order valence-corrected chi connectivity index (χ1v) is 13.9. The molecule has 0 saturated carbocycles. The second-order valence-corrected chi connectivity index (χ2v) is 11.4. The van der Waals surface area contributed by atoms with E-state index in [1.807, 2.05) is 31.2 Å². The van der Waals surface area contributed by atoms with Crippen LogP contribution in [-0.2, 0) is 10.0 Å². The molecule has 3 aromatic rings. The van der Waals surface area contributed by atoms with Gasteiger partial charge in [-0.15, -0.1) is 0 Å². The van der Waals surface area contributed by atoms with Crippen LogP contribution in [0.3, 0.4) is 0 Å². The van der Waals surface area contributed by atoms with E-state index in [0.717, 1.165) is 29.7 Å². The molecule has 4 rings (SSSR count). The largest absolute Gasteiger partial charge is 0.411 e. The number of nitrogens with zero attached hydrogens (tertiary/aromatic N) is 3. The van der Waals surface area contributed by atoms with Crippen molar-refractivity contribution in [3.8, 4) is 0 Å². The Bertz CT molecular complexity index is 1300. The molecule has 1 fully saturated rings. The molecule has 2 aromatic carbocycles. The summed E-state index contributed by atoms with van der Waals surface area (Å²) in [5, 5.41) is 13.6. The molecular weight excluding hydrogens is 458 g/mol. The molecule has 35 heavy (non-hydrogen) atoms. The Hall–Kier alpha value is -3.03. The van der Waals surface area contributed by atoms with Crippen LogP contribution >= 0.6 is 0 Å². The molecule has 0 bridgehead atoms. The minimum atomic E-state index is -3.13. The molecule has 0 radical (unpaired) electrons. The van der Waals surface area contributed by atoms with Crippen molar-refractivity contribution < 1.29 is 13.6 Å². The van der Waals surface area contributed by atoms with Crippen LogP contribution in [0.4, 0.5) is 0 Å². The lowest BCUT2D eigenvalue weighted by atomic mass is 9.82. The minimum absolute atomic E-state index is 0.0247. The fourth-order valence-corrected chi connectivity index (χ4v) is 5.92. The first-order chi connectivity index (χ1) is 16.8. The van der Waals surface area contributed by atoms with Gasteiger partial charge in [0.2, 0.25) is 10.0 Å². The fraction of sp³-hybridized carbons (Fsp3) is 0.357. The number of aromatic nitrogens is 1. The highest BCUT2D eigenvalue weighted by molar-refractivity contribution is 7.88. The maximum absolute atomic E-state index is 11.8. The SMILES string of the molecule is Cc1cc(C(CC(c2ccc(C3CCN(S(C)(=O)=O)CC3)cc2)c2ccccc2C)=NO)ccn1. The first kappa shape index (κ1) is 25.1. The summed E-state index contributed by atoms with van der Waals surface area (Å²) < 4.78 is 25.3. The molecule has 1 N–H and O–H groups in total. The molecule has 184 valence electrons. The summed E-state index contributed by atoms with van der Waals surface area (Å²) in [6, 6.07) is 20.8. The van der Waals surface area contributed by atoms with Crippen molar-refractivity contribution in [2.45, 2.75) is 44.9 Å². The summed E-state index contributed by atoms with van der Waals surface area (Å²) in [4.78, 5) is 4.27. The monoisotopic (exact) mass is 491 g/mol. The topological polar surface area (TPSA) is 82.9 Å². The lowest BCUT2D eigenvalue weighted by Gasteiger charge is -2.30. The van der Waals surface area contributed by atoms with Crippen LogP contribution in [0.5, 0.6) is 0 Å². The smallest absolute Gasteiger partial charge is 0.211 e. The number of sulfonamides is 1. The van der Waals surface area contributed by atoms with Crippen molar-refractivity contribution in [2.24, 2.45) is 5.16 Å². The number of pyridine rings is 1. The molecule has 0 spiro atoms. The van der Waals surface area contributed by atoms with Crippen molar-refractivity contribution in [2.75, 3.05) is 19.3 Å². The van der Waals surface area contributed by atoms with Gasteiger partial charge in [-0.3, -0.25) is 4.98 Å². The van der Waals surface area contributed by atoms with Gasteiger partial charge in [-0.1, -0.05) is 53.7 Å². The van der Waals surface area contributed by atoms with Gasteiger partial charge in [0, 0.05) is 42.9 Å². The van der Waals surface area contributed by atoms with Crippen LogP contribution in [0, 0.1) is 13.8 Å². The third kappa shape index (κ3) is 5.97. The minimum Gasteiger partial charge on any atom is -0.411 e. The predicted octanol–water partition coefficient (Wildman–Crippen LogP) is 5.24. The van der Waals surface area contributed by atoms with Gasteiger partial charge in [-0.25, -0.2) is 12.7 Å². The van der Waals surface area contributed by atoms with Crippen molar-refractivity contribution in [3.63, 3.8) is 0 Å². The van der Waals surface area contributed by atoms with Gasteiger partial charge < -0.3 is 5.21 Å². The molecule has 0 amide bonds. The maximum atomic E-state index is 11.8. The molecule has 1 aliphatic heterocycles. The summed E-state index contributed by atoms with van der Waals surface area (Å²) in [6.07, 6.45) is 5.23. The van der Waals surface area contributed by atoms with E-state index in [-0.39, 0.29) is 5.92 Å². The van der Waals surface area contributed by atoms with Gasteiger partial charge in [-0.05, 0) is 67.0 Å². The highest BCUT2D eigenvalue weighted by Gasteiger charge is 2.26. The average Bonchev–Trinajstić information content (AvgIpc) is 2.85. The Morgan fingerprint density at radius 3 is 2.37 bits per heavy atom. The Labute approximate surface area is 208 Å². The van der Waals surface area contributed by atoms with Crippen molar-refractivity contribution in [1.29, 1.82) is 0 Å². The van der Waals surface area contributed by atoms with Gasteiger partial charge in [0.05, 0.1) is 12.0 Å². The van der Waals surface area contributed by atoms with Crippen molar-refractivity contribution in [1.82, 2.24) is 9.29 Å². The molecule has 7 heteroatoms. The molecule has 0 aliphatic carbocycles. The molecule has 2 heterocycles. The number of hydrogen-bond donors (Lipinski definition) is 1. The van der Waals surface area contributed by atoms with Gasteiger partial charge in [0.1, 0.15) is 0 Å². The lowest BCUT2D eigenvalue weighted by Crippen LogP contribution is -2.37. The normalized spacial score (nSPS) is 16.8. The first-order valence-electron chi connectivity index (χ1n) is 12.0. The Morgan fingerprint density at radius 2 is 1.77 bits per heavy atom. The van der Waals surface area contributed by atoms with E-state index in [2.05, 4.69) is 53.5 Å². The summed E-state index contributed by atoms with van der Waals surface area (Å²) in [5.74, 6) is 0.380. The van der Waals surface area contributed by atoms with Gasteiger partial charge in [0.15, 0.2) is 0 Å². The Morgan fingerprint density at radius 1 is 1.09 bits per heavy atom. The van der Waals surface area contributed by atoms with Gasteiger partial charge >= 0.3 is 0 Å². The molecule has 1 atom stereocenters. The van der Waals surface area contributed by atoms with E-state index in [1.165, 1.54) is 22.9 Å². The molecule has 6 nitrogen and oxygen atoms in total. The second kappa shape index (κ2) is 10.7. The number of hydrogen-bond acceptors (Lipinski definition) is 5. The predicted molar refractivity (Wildman–Crippen MR) is 140 cm³/mol. The van der Waals surface area contributed by atoms with Crippen molar-refractivity contribution >= 4 is 15.7 Å². The van der Waals surface area contributed by atoms with Crippen LogP contribution in [-0.4, -0.2) is 48.0 Å². The Kier molecular flexibility index (Phi) is 7.67. The van der Waals surface area contributed by atoms with Gasteiger partial charge in [-0.2, -0.15) is 0 Å². The van der Waals surface area contributed by atoms with E-state index in [9.17, 15) is 13.6 Å². The number of rotatable bonds is 7. The quantitative estimate of drug-likeness (QED) is 0.278. The van der Waals surface area contributed by atoms with Crippen LogP contribution in [0.25, 0.3) is 0 Å². The summed E-state index contributed by atoms with van der Waals surface area (Å²) in [6.45, 7) is 5.17. The molecule has 1 unspecified atom stereocenters. The van der Waals surface area contributed by atoms with Crippen LogP contribution < -0.4 is 0 Å². The molecular formula is C28H33N3O3S. The second-order valence-electron chi connectivity index (χ2n) is 9.45. The van der Waals surface area contributed by atoms with Crippen LogP contribution in [0.2, 0.25) is 0 Å². The number of piperidine rings is 1. The highest BCUT2D eigenvalue weighted by atomic mass is 32.2. The summed E-state index contributed by atoms with van der Waals surface area (Å²) >= 11 is 0. The van der Waals surface area contributed by atoms with E-state index in [1.54, 1.807) is 10.5 Å². The van der Waals surface area contributed by atoms with Crippen molar-refractivity contribution in [3.05, 3.63) is 100 Å².